The fraction of sp³-hybridized carbons (Fsp3) is 0.167. The molecule has 1 aromatic heterocycles. The van der Waals surface area contributed by atoms with Gasteiger partial charge in [0.05, 0.1) is 6.54 Å². The van der Waals surface area contributed by atoms with Crippen molar-refractivity contribution in [3.63, 3.8) is 0 Å². The normalized spacial score (nSPS) is 9.45. The molecule has 5 heteroatoms. The Morgan fingerprint density at radius 1 is 1.73 bits per heavy atom. The minimum Gasteiger partial charge on any atom is -0.383 e. The second-order valence-corrected chi connectivity index (χ2v) is 1.95. The lowest BCUT2D eigenvalue weighted by atomic mass is 10.5. The third-order valence-corrected chi connectivity index (χ3v) is 1.17. The zero-order chi connectivity index (χ0) is 8.27. The Labute approximate surface area is 62.5 Å². The monoisotopic (exact) mass is 153 g/mol. The number of carbonyl (C=O) groups is 1. The molecule has 0 fully saturated rings. The van der Waals surface area contributed by atoms with Crippen molar-refractivity contribution >= 4 is 12.1 Å². The maximum Gasteiger partial charge on any atom is 0.349 e. The lowest BCUT2D eigenvalue weighted by Gasteiger charge is -1.97. The Bertz CT molecular complexity index is 318. The van der Waals surface area contributed by atoms with Crippen molar-refractivity contribution in [3.05, 3.63) is 22.7 Å². The van der Waals surface area contributed by atoms with Crippen LogP contribution in [0.25, 0.3) is 0 Å². The summed E-state index contributed by atoms with van der Waals surface area (Å²) < 4.78 is 1.17. The molecule has 5 nitrogen and oxygen atoms in total. The Morgan fingerprint density at radius 3 is 3.00 bits per heavy atom. The van der Waals surface area contributed by atoms with Crippen molar-refractivity contribution in [2.45, 2.75) is 6.54 Å². The van der Waals surface area contributed by atoms with E-state index in [9.17, 15) is 9.59 Å². The van der Waals surface area contributed by atoms with Crippen molar-refractivity contribution in [2.24, 2.45) is 0 Å². The fourth-order valence-electron chi connectivity index (χ4n) is 0.661. The SMILES string of the molecule is Nc1ccn(CC=O)c(=O)n1. The Morgan fingerprint density at radius 2 is 2.45 bits per heavy atom. The molecule has 0 spiro atoms. The van der Waals surface area contributed by atoms with E-state index in [-0.39, 0.29) is 12.4 Å². The molecular weight excluding hydrogens is 146 g/mol. The predicted molar refractivity (Wildman–Crippen MR) is 39.0 cm³/mol. The van der Waals surface area contributed by atoms with E-state index in [0.717, 1.165) is 0 Å². The van der Waals surface area contributed by atoms with Crippen molar-refractivity contribution < 1.29 is 4.79 Å². The van der Waals surface area contributed by atoms with Gasteiger partial charge in [-0.2, -0.15) is 4.98 Å². The number of anilines is 1. The molecule has 1 rings (SSSR count). The first-order valence-corrected chi connectivity index (χ1v) is 3.00. The highest BCUT2D eigenvalue weighted by Gasteiger charge is 1.94. The molecule has 1 aromatic rings. The first-order chi connectivity index (χ1) is 5.24. The molecule has 1 heterocycles. The third kappa shape index (κ3) is 1.64. The standard InChI is InChI=1S/C6H7N3O2/c7-5-1-2-9(3-4-10)6(11)8-5/h1-2,4H,3H2,(H2,7,8,11). The van der Waals surface area contributed by atoms with E-state index in [1.165, 1.54) is 16.8 Å². The van der Waals surface area contributed by atoms with Gasteiger partial charge in [0.2, 0.25) is 0 Å². The van der Waals surface area contributed by atoms with E-state index in [4.69, 9.17) is 5.73 Å². The molecule has 0 aromatic carbocycles. The maximum atomic E-state index is 10.8. The van der Waals surface area contributed by atoms with Crippen LogP contribution in [0.1, 0.15) is 0 Å². The Hall–Kier alpha value is -1.65. The topological polar surface area (TPSA) is 78.0 Å². The van der Waals surface area contributed by atoms with Crippen LogP contribution < -0.4 is 11.4 Å². The Kier molecular flexibility index (Phi) is 2.00. The second-order valence-electron chi connectivity index (χ2n) is 1.95. The first-order valence-electron chi connectivity index (χ1n) is 3.00. The van der Waals surface area contributed by atoms with Gasteiger partial charge in [0, 0.05) is 6.20 Å². The molecule has 0 aliphatic heterocycles. The van der Waals surface area contributed by atoms with Crippen molar-refractivity contribution in [3.8, 4) is 0 Å². The van der Waals surface area contributed by atoms with Gasteiger partial charge in [-0.05, 0) is 6.07 Å². The summed E-state index contributed by atoms with van der Waals surface area (Å²) in [6, 6.07) is 1.46. The molecule has 0 aliphatic rings. The number of rotatable bonds is 2. The van der Waals surface area contributed by atoms with E-state index in [1.54, 1.807) is 0 Å². The number of aromatic nitrogens is 2. The van der Waals surface area contributed by atoms with Gasteiger partial charge in [0.15, 0.2) is 0 Å². The van der Waals surface area contributed by atoms with Crippen LogP contribution in [0.2, 0.25) is 0 Å². The third-order valence-electron chi connectivity index (χ3n) is 1.17. The summed E-state index contributed by atoms with van der Waals surface area (Å²) in [5, 5.41) is 0. The van der Waals surface area contributed by atoms with Crippen LogP contribution in [0.4, 0.5) is 5.82 Å². The number of nitrogen functional groups attached to an aromatic ring is 1. The highest BCUT2D eigenvalue weighted by Crippen LogP contribution is 1.87. The first kappa shape index (κ1) is 7.46. The Balaban J connectivity index is 3.09. The summed E-state index contributed by atoms with van der Waals surface area (Å²) in [6.07, 6.45) is 2.05. The van der Waals surface area contributed by atoms with Crippen LogP contribution in [-0.4, -0.2) is 15.8 Å². The van der Waals surface area contributed by atoms with Crippen molar-refractivity contribution in [1.29, 1.82) is 0 Å². The summed E-state index contributed by atoms with van der Waals surface area (Å²) >= 11 is 0. The number of nitrogens with zero attached hydrogens (tertiary/aromatic N) is 2. The molecular formula is C6H7N3O2. The number of carbonyl (C=O) groups excluding carboxylic acids is 1. The molecule has 0 radical (unpaired) electrons. The van der Waals surface area contributed by atoms with Gasteiger partial charge in [0.1, 0.15) is 12.1 Å². The smallest absolute Gasteiger partial charge is 0.349 e. The van der Waals surface area contributed by atoms with Crippen LogP contribution in [0.15, 0.2) is 17.1 Å². The van der Waals surface area contributed by atoms with Crippen molar-refractivity contribution in [2.75, 3.05) is 5.73 Å². The number of aldehydes is 1. The van der Waals surface area contributed by atoms with E-state index in [0.29, 0.717) is 6.29 Å². The lowest BCUT2D eigenvalue weighted by molar-refractivity contribution is -0.108. The van der Waals surface area contributed by atoms with Crippen LogP contribution >= 0.6 is 0 Å². The molecule has 0 atom stereocenters. The van der Waals surface area contributed by atoms with Crippen LogP contribution in [0.5, 0.6) is 0 Å². The molecule has 0 amide bonds. The second kappa shape index (κ2) is 2.96. The zero-order valence-corrected chi connectivity index (χ0v) is 5.73. The van der Waals surface area contributed by atoms with Gasteiger partial charge in [-0.25, -0.2) is 4.79 Å². The van der Waals surface area contributed by atoms with Gasteiger partial charge >= 0.3 is 5.69 Å². The average Bonchev–Trinajstić information content (AvgIpc) is 1.95. The molecule has 2 N–H and O–H groups in total. The summed E-state index contributed by atoms with van der Waals surface area (Å²) in [4.78, 5) is 24.3. The van der Waals surface area contributed by atoms with E-state index < -0.39 is 5.69 Å². The van der Waals surface area contributed by atoms with E-state index >= 15 is 0 Å². The van der Waals surface area contributed by atoms with Gasteiger partial charge in [-0.1, -0.05) is 0 Å². The van der Waals surface area contributed by atoms with Gasteiger partial charge in [-0.3, -0.25) is 4.57 Å². The molecule has 0 unspecified atom stereocenters. The maximum absolute atomic E-state index is 10.8. The van der Waals surface area contributed by atoms with E-state index in [1.807, 2.05) is 0 Å². The van der Waals surface area contributed by atoms with Crippen LogP contribution in [0, 0.1) is 0 Å². The lowest BCUT2D eigenvalue weighted by Crippen LogP contribution is -2.23. The van der Waals surface area contributed by atoms with Crippen LogP contribution in [-0.2, 0) is 11.3 Å². The number of nitrogens with two attached hydrogens (primary N) is 1. The number of hydrogen-bond donors (Lipinski definition) is 1. The fourth-order valence-corrected chi connectivity index (χ4v) is 0.661. The van der Waals surface area contributed by atoms with E-state index in [2.05, 4.69) is 4.98 Å². The molecule has 0 bridgehead atoms. The summed E-state index contributed by atoms with van der Waals surface area (Å²) in [6.45, 7) is 0.0200. The quantitative estimate of drug-likeness (QED) is 0.554. The molecule has 0 aliphatic carbocycles. The van der Waals surface area contributed by atoms with Crippen LogP contribution in [0.3, 0.4) is 0 Å². The van der Waals surface area contributed by atoms with Gasteiger partial charge < -0.3 is 10.5 Å². The summed E-state index contributed by atoms with van der Waals surface area (Å²) in [5.41, 5.74) is 4.71. The highest BCUT2D eigenvalue weighted by atomic mass is 16.1. The number of hydrogen-bond acceptors (Lipinski definition) is 4. The highest BCUT2D eigenvalue weighted by molar-refractivity contribution is 5.49. The molecule has 58 valence electrons. The van der Waals surface area contributed by atoms with Gasteiger partial charge in [0.25, 0.3) is 0 Å². The van der Waals surface area contributed by atoms with Crippen molar-refractivity contribution in [1.82, 2.24) is 9.55 Å². The molecule has 0 saturated carbocycles. The summed E-state index contributed by atoms with van der Waals surface area (Å²) in [5.74, 6) is 0.164. The summed E-state index contributed by atoms with van der Waals surface area (Å²) in [7, 11) is 0. The minimum absolute atomic E-state index is 0.0200. The molecule has 11 heavy (non-hydrogen) atoms. The predicted octanol–water partition coefficient (Wildman–Crippen LogP) is -0.976. The minimum atomic E-state index is -0.503. The van der Waals surface area contributed by atoms with Gasteiger partial charge in [-0.15, -0.1) is 0 Å². The molecule has 0 saturated heterocycles. The largest absolute Gasteiger partial charge is 0.383 e. The zero-order valence-electron chi connectivity index (χ0n) is 5.73. The average molecular weight is 153 g/mol.